The van der Waals surface area contributed by atoms with Gasteiger partial charge in [-0.25, -0.2) is 4.79 Å². The molecule has 5 atom stereocenters. The van der Waals surface area contributed by atoms with Gasteiger partial charge in [0.25, 0.3) is 0 Å². The Hall–Kier alpha value is -2.77. The van der Waals surface area contributed by atoms with E-state index in [-0.39, 0.29) is 12.8 Å². The topological polar surface area (TPSA) is 234 Å². The van der Waals surface area contributed by atoms with Crippen LogP contribution in [0.3, 0.4) is 0 Å². The molecule has 172 valence electrons. The lowest BCUT2D eigenvalue weighted by atomic mass is 10.0. The number of hydrogen-bond donors (Lipinski definition) is 8. The summed E-state index contributed by atoms with van der Waals surface area (Å²) in [5.41, 5.74) is 10.4. The lowest BCUT2D eigenvalue weighted by molar-refractivity contribution is -0.143. The number of carboxylic acid groups (broad SMARTS) is 1. The van der Waals surface area contributed by atoms with E-state index in [1.165, 1.54) is 6.92 Å². The summed E-state index contributed by atoms with van der Waals surface area (Å²) in [5, 5.41) is 34.6. The molecule has 0 heterocycles. The first-order valence-electron chi connectivity index (χ1n) is 9.28. The summed E-state index contributed by atoms with van der Waals surface area (Å²) in [4.78, 5) is 59.3. The van der Waals surface area contributed by atoms with Crippen molar-refractivity contribution in [3.05, 3.63) is 0 Å². The van der Waals surface area contributed by atoms with Gasteiger partial charge < -0.3 is 42.7 Å². The summed E-state index contributed by atoms with van der Waals surface area (Å²) in [7, 11) is 0. The Labute approximate surface area is 173 Å². The van der Waals surface area contributed by atoms with Crippen molar-refractivity contribution in [2.24, 2.45) is 17.4 Å². The molecule has 0 aromatic carbocycles. The number of rotatable bonds is 13. The molecule has 13 nitrogen and oxygen atoms in total. The van der Waals surface area contributed by atoms with Gasteiger partial charge in [-0.15, -0.1) is 0 Å². The maximum atomic E-state index is 12.5. The van der Waals surface area contributed by atoms with Gasteiger partial charge in [0.1, 0.15) is 24.2 Å². The van der Waals surface area contributed by atoms with Gasteiger partial charge in [0.05, 0.1) is 12.7 Å². The van der Waals surface area contributed by atoms with Crippen LogP contribution >= 0.6 is 0 Å². The highest BCUT2D eigenvalue weighted by Crippen LogP contribution is 2.06. The van der Waals surface area contributed by atoms with Crippen LogP contribution < -0.4 is 27.4 Å². The number of carbonyl (C=O) groups is 5. The van der Waals surface area contributed by atoms with Crippen LogP contribution in [-0.4, -0.2) is 81.8 Å². The lowest BCUT2D eigenvalue weighted by Crippen LogP contribution is -2.60. The monoisotopic (exact) mass is 433 g/mol. The van der Waals surface area contributed by atoms with Gasteiger partial charge >= 0.3 is 5.97 Å². The minimum atomic E-state index is -1.53. The summed E-state index contributed by atoms with van der Waals surface area (Å²) in [6.45, 7) is 3.64. The minimum Gasteiger partial charge on any atom is -0.480 e. The van der Waals surface area contributed by atoms with Crippen LogP contribution in [0.4, 0.5) is 0 Å². The zero-order valence-corrected chi connectivity index (χ0v) is 17.1. The highest BCUT2D eigenvalue weighted by atomic mass is 16.4. The lowest BCUT2D eigenvalue weighted by Gasteiger charge is -2.26. The second kappa shape index (κ2) is 12.7. The molecule has 30 heavy (non-hydrogen) atoms. The number of hydrogen-bond acceptors (Lipinski definition) is 8. The van der Waals surface area contributed by atoms with Crippen LogP contribution in [0.15, 0.2) is 0 Å². The predicted octanol–water partition coefficient (Wildman–Crippen LogP) is -3.85. The molecule has 0 spiro atoms. The van der Waals surface area contributed by atoms with E-state index in [9.17, 15) is 34.2 Å². The Morgan fingerprint density at radius 3 is 1.83 bits per heavy atom. The molecule has 5 unspecified atom stereocenters. The number of carboxylic acids is 1. The Morgan fingerprint density at radius 2 is 1.43 bits per heavy atom. The molecule has 0 bridgehead atoms. The Bertz CT molecular complexity index is 640. The van der Waals surface area contributed by atoms with Crippen LogP contribution in [0.1, 0.15) is 33.6 Å². The third kappa shape index (κ3) is 9.15. The van der Waals surface area contributed by atoms with E-state index in [0.717, 1.165) is 0 Å². The summed E-state index contributed by atoms with van der Waals surface area (Å²) in [6.07, 6.45) is -1.94. The first-order valence-corrected chi connectivity index (χ1v) is 9.28. The van der Waals surface area contributed by atoms with Gasteiger partial charge in [0.15, 0.2) is 0 Å². The van der Waals surface area contributed by atoms with Crippen LogP contribution in [0, 0.1) is 5.92 Å². The summed E-state index contributed by atoms with van der Waals surface area (Å²) in [6, 6.07) is -5.48. The largest absolute Gasteiger partial charge is 0.480 e. The summed E-state index contributed by atoms with van der Waals surface area (Å²) >= 11 is 0. The predicted molar refractivity (Wildman–Crippen MR) is 103 cm³/mol. The number of amides is 4. The van der Waals surface area contributed by atoms with Crippen molar-refractivity contribution in [3.63, 3.8) is 0 Å². The zero-order valence-electron chi connectivity index (χ0n) is 17.1. The Morgan fingerprint density at radius 1 is 0.900 bits per heavy atom. The van der Waals surface area contributed by atoms with Crippen molar-refractivity contribution in [1.29, 1.82) is 0 Å². The number of aliphatic hydroxyl groups is 2. The number of aliphatic carboxylic acids is 1. The second-order valence-electron chi connectivity index (χ2n) is 7.15. The van der Waals surface area contributed by atoms with E-state index in [2.05, 4.69) is 16.0 Å². The molecule has 0 aromatic rings. The quantitative estimate of drug-likeness (QED) is 0.142. The third-order valence-electron chi connectivity index (χ3n) is 4.14. The molecule has 0 fully saturated rings. The fraction of sp³-hybridized carbons (Fsp3) is 0.706. The third-order valence-corrected chi connectivity index (χ3v) is 4.14. The normalized spacial score (nSPS) is 16.0. The molecule has 10 N–H and O–H groups in total. The highest BCUT2D eigenvalue weighted by molar-refractivity contribution is 5.94. The standard InChI is InChI=1S/C17H31N5O8/c1-7(2)12(17(29)30)21-15(27)10(4-5-11(19)25)20-16(28)13(8(3)24)22-14(26)9(18)6-23/h7-10,12-13,23-24H,4-6,18H2,1-3H3,(H2,19,25)(H,20,28)(H,21,27)(H,22,26)(H,29,30). The molecule has 0 aliphatic heterocycles. The first kappa shape index (κ1) is 27.2. The molecule has 0 aromatic heterocycles. The Balaban J connectivity index is 5.47. The fourth-order valence-electron chi connectivity index (χ4n) is 2.33. The van der Waals surface area contributed by atoms with Gasteiger partial charge in [-0.2, -0.15) is 0 Å². The average Bonchev–Trinajstić information content (AvgIpc) is 2.64. The van der Waals surface area contributed by atoms with Crippen molar-refractivity contribution < 1.29 is 39.3 Å². The van der Waals surface area contributed by atoms with Crippen molar-refractivity contribution in [2.75, 3.05) is 6.61 Å². The van der Waals surface area contributed by atoms with E-state index in [4.69, 9.17) is 16.6 Å². The van der Waals surface area contributed by atoms with Gasteiger partial charge in [0.2, 0.25) is 23.6 Å². The molecule has 4 amide bonds. The Kier molecular flexibility index (Phi) is 11.5. The van der Waals surface area contributed by atoms with Crippen LogP contribution in [-0.2, 0) is 24.0 Å². The van der Waals surface area contributed by atoms with Crippen molar-refractivity contribution in [2.45, 2.75) is 63.9 Å². The van der Waals surface area contributed by atoms with Crippen molar-refractivity contribution in [3.8, 4) is 0 Å². The average molecular weight is 433 g/mol. The summed E-state index contributed by atoms with van der Waals surface area (Å²) in [5.74, 6) is -5.29. The molecule has 0 radical (unpaired) electrons. The van der Waals surface area contributed by atoms with Gasteiger partial charge in [-0.1, -0.05) is 13.8 Å². The highest BCUT2D eigenvalue weighted by Gasteiger charge is 2.33. The number of nitrogens with two attached hydrogens (primary N) is 2. The first-order chi connectivity index (χ1) is 13.8. The molecule has 0 saturated carbocycles. The van der Waals surface area contributed by atoms with E-state index in [1.54, 1.807) is 13.8 Å². The number of primary amides is 1. The maximum absolute atomic E-state index is 12.5. The number of nitrogens with one attached hydrogen (secondary N) is 3. The summed E-state index contributed by atoms with van der Waals surface area (Å²) < 4.78 is 0. The smallest absolute Gasteiger partial charge is 0.326 e. The van der Waals surface area contributed by atoms with Crippen LogP contribution in [0.25, 0.3) is 0 Å². The number of aliphatic hydroxyl groups excluding tert-OH is 2. The molecular weight excluding hydrogens is 402 g/mol. The fourth-order valence-corrected chi connectivity index (χ4v) is 2.33. The molecule has 0 rings (SSSR count). The van der Waals surface area contributed by atoms with E-state index >= 15 is 0 Å². The maximum Gasteiger partial charge on any atom is 0.326 e. The van der Waals surface area contributed by atoms with E-state index in [1.807, 2.05) is 0 Å². The second-order valence-corrected chi connectivity index (χ2v) is 7.15. The van der Waals surface area contributed by atoms with Crippen LogP contribution in [0.5, 0.6) is 0 Å². The van der Waals surface area contributed by atoms with E-state index < -0.39 is 72.4 Å². The van der Waals surface area contributed by atoms with Crippen molar-refractivity contribution >= 4 is 29.6 Å². The van der Waals surface area contributed by atoms with Crippen molar-refractivity contribution in [1.82, 2.24) is 16.0 Å². The zero-order chi connectivity index (χ0) is 23.6. The number of carbonyl (C=O) groups excluding carboxylic acids is 4. The minimum absolute atomic E-state index is 0.242. The molecule has 0 saturated heterocycles. The van der Waals surface area contributed by atoms with Gasteiger partial charge in [-0.3, -0.25) is 19.2 Å². The van der Waals surface area contributed by atoms with Gasteiger partial charge in [-0.05, 0) is 19.3 Å². The van der Waals surface area contributed by atoms with E-state index in [0.29, 0.717) is 0 Å². The molecule has 0 aliphatic carbocycles. The van der Waals surface area contributed by atoms with Crippen LogP contribution in [0.2, 0.25) is 0 Å². The molecule has 13 heteroatoms. The SMILES string of the molecule is CC(C)C(NC(=O)C(CCC(N)=O)NC(=O)C(NC(=O)C(N)CO)C(C)O)C(=O)O. The molecular formula is C17H31N5O8. The molecule has 0 aliphatic rings. The van der Waals surface area contributed by atoms with Gasteiger partial charge in [0, 0.05) is 6.42 Å².